The number of hydrogen-bond acceptors (Lipinski definition) is 5. The van der Waals surface area contributed by atoms with Crippen molar-refractivity contribution in [3.63, 3.8) is 0 Å². The third-order valence-electron chi connectivity index (χ3n) is 4.09. The van der Waals surface area contributed by atoms with Gasteiger partial charge in [-0.3, -0.25) is 4.79 Å². The molecular weight excluding hydrogens is 370 g/mol. The zero-order chi connectivity index (χ0) is 19.7. The standard InChI is InChI=1S/C19H20ClN3O4/c1-10(2)23-17(5-6-21-23)22-19(25)12(4)26-16-9-15-13(8-14(16)20)11(3)7-18(24)27-15/h5-10,12H,1-4H3,(H,22,25). The van der Waals surface area contributed by atoms with Gasteiger partial charge in [0.05, 0.1) is 11.2 Å². The number of anilines is 1. The first-order valence-corrected chi connectivity index (χ1v) is 8.89. The molecule has 8 heteroatoms. The molecular formula is C19H20ClN3O4. The number of aryl methyl sites for hydroxylation is 1. The molecule has 3 rings (SSSR count). The summed E-state index contributed by atoms with van der Waals surface area (Å²) in [5.41, 5.74) is 0.647. The van der Waals surface area contributed by atoms with E-state index in [0.29, 0.717) is 21.8 Å². The number of hydrogen-bond donors (Lipinski definition) is 1. The number of aromatic nitrogens is 2. The van der Waals surface area contributed by atoms with E-state index < -0.39 is 11.7 Å². The van der Waals surface area contributed by atoms with Gasteiger partial charge in [0.2, 0.25) is 0 Å². The van der Waals surface area contributed by atoms with Crippen molar-refractivity contribution in [1.82, 2.24) is 9.78 Å². The first-order valence-electron chi connectivity index (χ1n) is 8.51. The van der Waals surface area contributed by atoms with Crippen molar-refractivity contribution in [2.45, 2.75) is 39.8 Å². The van der Waals surface area contributed by atoms with Gasteiger partial charge in [0.1, 0.15) is 17.2 Å². The van der Waals surface area contributed by atoms with Crippen molar-refractivity contribution in [3.05, 3.63) is 51.5 Å². The van der Waals surface area contributed by atoms with Crippen LogP contribution in [-0.4, -0.2) is 21.8 Å². The lowest BCUT2D eigenvalue weighted by Crippen LogP contribution is -2.31. The van der Waals surface area contributed by atoms with Gasteiger partial charge in [-0.1, -0.05) is 11.6 Å². The molecule has 3 aromatic rings. The molecule has 0 bridgehead atoms. The molecule has 2 heterocycles. The van der Waals surface area contributed by atoms with E-state index >= 15 is 0 Å². The average Bonchev–Trinajstić information content (AvgIpc) is 3.04. The van der Waals surface area contributed by atoms with E-state index in [0.717, 1.165) is 5.56 Å². The Morgan fingerprint density at radius 1 is 1.30 bits per heavy atom. The minimum atomic E-state index is -0.827. The van der Waals surface area contributed by atoms with Crippen LogP contribution in [0.15, 0.2) is 39.7 Å². The summed E-state index contributed by atoms with van der Waals surface area (Å²) in [5.74, 6) is 0.494. The fourth-order valence-electron chi connectivity index (χ4n) is 2.71. The monoisotopic (exact) mass is 389 g/mol. The minimum absolute atomic E-state index is 0.104. The van der Waals surface area contributed by atoms with Gasteiger partial charge in [0, 0.05) is 29.6 Å². The molecule has 1 unspecified atom stereocenters. The fraction of sp³-hybridized carbons (Fsp3) is 0.316. The maximum Gasteiger partial charge on any atom is 0.336 e. The van der Waals surface area contributed by atoms with Crippen molar-refractivity contribution < 1.29 is 13.9 Å². The normalized spacial score (nSPS) is 12.4. The molecule has 0 radical (unpaired) electrons. The number of benzene rings is 1. The second kappa shape index (κ2) is 7.44. The summed E-state index contributed by atoms with van der Waals surface area (Å²) >= 11 is 6.28. The molecule has 0 aliphatic heterocycles. The van der Waals surface area contributed by atoms with E-state index in [1.165, 1.54) is 12.1 Å². The van der Waals surface area contributed by atoms with E-state index in [4.69, 9.17) is 20.8 Å². The van der Waals surface area contributed by atoms with Gasteiger partial charge in [-0.25, -0.2) is 9.48 Å². The molecule has 1 atom stereocenters. The first kappa shape index (κ1) is 19.0. The summed E-state index contributed by atoms with van der Waals surface area (Å²) in [6, 6.07) is 6.39. The molecule has 0 aliphatic rings. The average molecular weight is 390 g/mol. The number of rotatable bonds is 5. The fourth-order valence-corrected chi connectivity index (χ4v) is 2.91. The van der Waals surface area contributed by atoms with Crippen LogP contribution in [0.5, 0.6) is 5.75 Å². The number of carbonyl (C=O) groups excluding carboxylic acids is 1. The Kier molecular flexibility index (Phi) is 5.23. The number of fused-ring (bicyclic) bond motifs is 1. The summed E-state index contributed by atoms with van der Waals surface area (Å²) in [6.07, 6.45) is 0.790. The Hall–Kier alpha value is -2.80. The lowest BCUT2D eigenvalue weighted by atomic mass is 10.1. The number of ether oxygens (including phenoxy) is 1. The maximum atomic E-state index is 12.5. The third-order valence-corrected chi connectivity index (χ3v) is 4.38. The Balaban J connectivity index is 1.81. The predicted molar refractivity (Wildman–Crippen MR) is 104 cm³/mol. The van der Waals surface area contributed by atoms with Gasteiger partial charge in [-0.15, -0.1) is 0 Å². The summed E-state index contributed by atoms with van der Waals surface area (Å²) in [7, 11) is 0. The SMILES string of the molecule is Cc1cc(=O)oc2cc(OC(C)C(=O)Nc3ccnn3C(C)C)c(Cl)cc12. The van der Waals surface area contributed by atoms with E-state index in [9.17, 15) is 9.59 Å². The van der Waals surface area contributed by atoms with Crippen molar-refractivity contribution in [1.29, 1.82) is 0 Å². The van der Waals surface area contributed by atoms with Crippen LogP contribution >= 0.6 is 11.6 Å². The molecule has 1 aromatic carbocycles. The molecule has 0 fully saturated rings. The zero-order valence-corrected chi connectivity index (χ0v) is 16.2. The Morgan fingerprint density at radius 3 is 2.74 bits per heavy atom. The second-order valence-electron chi connectivity index (χ2n) is 6.53. The molecule has 0 saturated heterocycles. The highest BCUT2D eigenvalue weighted by Gasteiger charge is 2.19. The van der Waals surface area contributed by atoms with Crippen molar-refractivity contribution in [3.8, 4) is 5.75 Å². The molecule has 142 valence electrons. The smallest absolute Gasteiger partial charge is 0.336 e. The summed E-state index contributed by atoms with van der Waals surface area (Å²) in [4.78, 5) is 24.1. The highest BCUT2D eigenvalue weighted by Crippen LogP contribution is 2.31. The molecule has 27 heavy (non-hydrogen) atoms. The topological polar surface area (TPSA) is 86.4 Å². The third kappa shape index (κ3) is 3.98. The van der Waals surface area contributed by atoms with Crippen LogP contribution in [0.1, 0.15) is 32.4 Å². The molecule has 0 saturated carbocycles. The van der Waals surface area contributed by atoms with Gasteiger partial charge in [0.15, 0.2) is 6.10 Å². The predicted octanol–water partition coefficient (Wildman–Crippen LogP) is 3.94. The Labute approximate surface area is 160 Å². The number of amides is 1. The highest BCUT2D eigenvalue weighted by atomic mass is 35.5. The molecule has 7 nitrogen and oxygen atoms in total. The van der Waals surface area contributed by atoms with Crippen molar-refractivity contribution in [2.75, 3.05) is 5.32 Å². The van der Waals surface area contributed by atoms with Crippen LogP contribution in [-0.2, 0) is 4.79 Å². The maximum absolute atomic E-state index is 12.5. The largest absolute Gasteiger partial charge is 0.479 e. The molecule has 2 aromatic heterocycles. The highest BCUT2D eigenvalue weighted by molar-refractivity contribution is 6.32. The summed E-state index contributed by atoms with van der Waals surface area (Å²) in [6.45, 7) is 7.34. The lowest BCUT2D eigenvalue weighted by Gasteiger charge is -2.17. The first-order chi connectivity index (χ1) is 12.8. The van der Waals surface area contributed by atoms with Crippen LogP contribution < -0.4 is 15.7 Å². The lowest BCUT2D eigenvalue weighted by molar-refractivity contribution is -0.122. The number of carbonyl (C=O) groups is 1. The van der Waals surface area contributed by atoms with E-state index in [1.807, 2.05) is 13.8 Å². The van der Waals surface area contributed by atoms with Gasteiger partial charge in [-0.05, 0) is 39.3 Å². The van der Waals surface area contributed by atoms with Crippen molar-refractivity contribution >= 4 is 34.3 Å². The molecule has 0 spiro atoms. The van der Waals surface area contributed by atoms with Crippen LogP contribution in [0, 0.1) is 6.92 Å². The van der Waals surface area contributed by atoms with Crippen LogP contribution in [0.3, 0.4) is 0 Å². The molecule has 0 aliphatic carbocycles. The van der Waals surface area contributed by atoms with Crippen LogP contribution in [0.25, 0.3) is 11.0 Å². The Bertz CT molecular complexity index is 1050. The van der Waals surface area contributed by atoms with E-state index in [2.05, 4.69) is 10.4 Å². The van der Waals surface area contributed by atoms with Gasteiger partial charge >= 0.3 is 5.63 Å². The number of halogens is 1. The van der Waals surface area contributed by atoms with Gasteiger partial charge < -0.3 is 14.5 Å². The second-order valence-corrected chi connectivity index (χ2v) is 6.94. The molecule has 1 amide bonds. The quantitative estimate of drug-likeness (QED) is 0.668. The van der Waals surface area contributed by atoms with Crippen LogP contribution in [0.2, 0.25) is 5.02 Å². The van der Waals surface area contributed by atoms with Crippen LogP contribution in [0.4, 0.5) is 5.82 Å². The van der Waals surface area contributed by atoms with Crippen molar-refractivity contribution in [2.24, 2.45) is 0 Å². The number of nitrogens with one attached hydrogen (secondary N) is 1. The number of nitrogens with zero attached hydrogens (tertiary/aromatic N) is 2. The van der Waals surface area contributed by atoms with Gasteiger partial charge in [-0.2, -0.15) is 5.10 Å². The summed E-state index contributed by atoms with van der Waals surface area (Å²) in [5, 5.41) is 8.00. The van der Waals surface area contributed by atoms with Gasteiger partial charge in [0.25, 0.3) is 5.91 Å². The summed E-state index contributed by atoms with van der Waals surface area (Å²) < 4.78 is 12.6. The van der Waals surface area contributed by atoms with E-state index in [1.54, 1.807) is 36.9 Å². The minimum Gasteiger partial charge on any atom is -0.479 e. The molecule has 1 N–H and O–H groups in total. The zero-order valence-electron chi connectivity index (χ0n) is 15.4. The van der Waals surface area contributed by atoms with E-state index in [-0.39, 0.29) is 17.7 Å². The Morgan fingerprint density at radius 2 is 2.04 bits per heavy atom.